The van der Waals surface area contributed by atoms with E-state index in [2.05, 4.69) is 0 Å². The molecule has 20 heavy (non-hydrogen) atoms. The van der Waals surface area contributed by atoms with Gasteiger partial charge in [-0.2, -0.15) is 12.7 Å². The molecule has 1 fully saturated rings. The van der Waals surface area contributed by atoms with Gasteiger partial charge in [-0.05, 0) is 17.5 Å². The molecule has 1 aliphatic rings. The highest BCUT2D eigenvalue weighted by atomic mass is 32.2. The highest BCUT2D eigenvalue weighted by molar-refractivity contribution is 7.86. The summed E-state index contributed by atoms with van der Waals surface area (Å²) in [6, 6.07) is 3.90. The molecular formula is C11H13N3O3S3. The maximum Gasteiger partial charge on any atom is 0.277 e. The molecule has 2 N–H and O–H groups in total. The molecule has 9 heteroatoms. The maximum atomic E-state index is 12.4. The number of carbonyl (C=O) groups is 1. The Hall–Kier alpha value is -1.00. The minimum absolute atomic E-state index is 0.0348. The van der Waals surface area contributed by atoms with Crippen LogP contribution in [-0.2, 0) is 10.2 Å². The number of fused-ring (bicyclic) bond motifs is 1. The number of nitrogens with two attached hydrogens (primary N) is 1. The monoisotopic (exact) mass is 331 g/mol. The maximum absolute atomic E-state index is 12.4. The number of rotatable bonds is 2. The second-order valence-corrected chi connectivity index (χ2v) is 8.07. The normalized spacial score (nSPS) is 17.8. The third-order valence-electron chi connectivity index (χ3n) is 3.24. The van der Waals surface area contributed by atoms with Crippen LogP contribution in [0.1, 0.15) is 9.67 Å². The van der Waals surface area contributed by atoms with Crippen LogP contribution >= 0.6 is 22.7 Å². The fraction of sp³-hybridized carbons (Fsp3) is 0.364. The van der Waals surface area contributed by atoms with Crippen molar-refractivity contribution in [2.24, 2.45) is 5.14 Å². The van der Waals surface area contributed by atoms with Gasteiger partial charge in [0.05, 0.1) is 4.88 Å². The molecule has 3 rings (SSSR count). The summed E-state index contributed by atoms with van der Waals surface area (Å²) >= 11 is 3.09. The van der Waals surface area contributed by atoms with E-state index in [-0.39, 0.29) is 19.0 Å². The van der Waals surface area contributed by atoms with Crippen LogP contribution < -0.4 is 5.14 Å². The van der Waals surface area contributed by atoms with E-state index < -0.39 is 10.2 Å². The minimum Gasteiger partial charge on any atom is -0.335 e. The molecule has 0 aliphatic carbocycles. The van der Waals surface area contributed by atoms with Gasteiger partial charge in [-0.25, -0.2) is 5.14 Å². The van der Waals surface area contributed by atoms with E-state index in [0.29, 0.717) is 18.0 Å². The lowest BCUT2D eigenvalue weighted by atomic mass is 10.3. The number of hydrogen-bond donors (Lipinski definition) is 1. The summed E-state index contributed by atoms with van der Waals surface area (Å²) < 4.78 is 25.9. The number of amides is 1. The first kappa shape index (κ1) is 14.0. The minimum atomic E-state index is -3.65. The van der Waals surface area contributed by atoms with E-state index in [4.69, 9.17) is 5.14 Å². The van der Waals surface area contributed by atoms with Gasteiger partial charge in [0.25, 0.3) is 16.1 Å². The lowest BCUT2D eigenvalue weighted by Crippen LogP contribution is -2.52. The molecule has 1 amide bonds. The quantitative estimate of drug-likeness (QED) is 0.888. The first-order valence-corrected chi connectivity index (χ1v) is 9.19. The Morgan fingerprint density at radius 3 is 2.50 bits per heavy atom. The van der Waals surface area contributed by atoms with E-state index in [1.165, 1.54) is 15.6 Å². The molecule has 0 saturated carbocycles. The van der Waals surface area contributed by atoms with Crippen LogP contribution in [-0.4, -0.2) is 49.7 Å². The Kier molecular flexibility index (Phi) is 3.55. The summed E-state index contributed by atoms with van der Waals surface area (Å²) in [5.41, 5.74) is 0. The first-order chi connectivity index (χ1) is 9.45. The van der Waals surface area contributed by atoms with Crippen molar-refractivity contribution in [3.8, 4) is 0 Å². The Balaban J connectivity index is 1.72. The topological polar surface area (TPSA) is 83.7 Å². The lowest BCUT2D eigenvalue weighted by molar-refractivity contribution is 0.0703. The van der Waals surface area contributed by atoms with Crippen molar-refractivity contribution in [1.29, 1.82) is 0 Å². The summed E-state index contributed by atoms with van der Waals surface area (Å²) in [6.45, 7) is 1.26. The van der Waals surface area contributed by atoms with Gasteiger partial charge in [-0.3, -0.25) is 4.79 Å². The summed E-state index contributed by atoms with van der Waals surface area (Å²) in [6.07, 6.45) is 0. The molecule has 2 aromatic heterocycles. The van der Waals surface area contributed by atoms with Crippen LogP contribution in [0.4, 0.5) is 0 Å². The van der Waals surface area contributed by atoms with Crippen molar-refractivity contribution in [1.82, 2.24) is 9.21 Å². The number of carbonyl (C=O) groups excluding carboxylic acids is 1. The SMILES string of the molecule is NS(=O)(=O)N1CCN(C(=O)c2cc3sccc3s2)CC1. The molecule has 6 nitrogen and oxygen atoms in total. The molecular weight excluding hydrogens is 318 g/mol. The predicted molar refractivity (Wildman–Crippen MR) is 80.3 cm³/mol. The van der Waals surface area contributed by atoms with Gasteiger partial charge in [-0.15, -0.1) is 22.7 Å². The summed E-state index contributed by atoms with van der Waals surface area (Å²) in [7, 11) is -3.65. The largest absolute Gasteiger partial charge is 0.335 e. The number of thiophene rings is 2. The number of nitrogens with zero attached hydrogens (tertiary/aromatic N) is 2. The van der Waals surface area contributed by atoms with Gasteiger partial charge in [0.2, 0.25) is 0 Å². The van der Waals surface area contributed by atoms with Crippen molar-refractivity contribution in [2.45, 2.75) is 0 Å². The van der Waals surface area contributed by atoms with E-state index in [1.807, 2.05) is 17.5 Å². The van der Waals surface area contributed by atoms with Gasteiger partial charge in [0.15, 0.2) is 0 Å². The van der Waals surface area contributed by atoms with Crippen molar-refractivity contribution in [3.63, 3.8) is 0 Å². The van der Waals surface area contributed by atoms with E-state index >= 15 is 0 Å². The zero-order valence-electron chi connectivity index (χ0n) is 10.5. The standard InChI is InChI=1S/C11H13N3O3S3/c12-20(16,17)14-4-2-13(3-5-14)11(15)10-7-9-8(19-10)1-6-18-9/h1,6-7H,2-5H2,(H2,12,16,17). The molecule has 1 aliphatic heterocycles. The smallest absolute Gasteiger partial charge is 0.277 e. The summed E-state index contributed by atoms with van der Waals surface area (Å²) in [5.74, 6) is -0.0348. The molecule has 108 valence electrons. The molecule has 0 radical (unpaired) electrons. The molecule has 1 saturated heterocycles. The molecule has 3 heterocycles. The van der Waals surface area contributed by atoms with E-state index in [9.17, 15) is 13.2 Å². The van der Waals surface area contributed by atoms with Crippen LogP contribution in [0.5, 0.6) is 0 Å². The van der Waals surface area contributed by atoms with Crippen LogP contribution in [0.15, 0.2) is 17.5 Å². The third kappa shape index (κ3) is 2.59. The fourth-order valence-electron chi connectivity index (χ4n) is 2.17. The van der Waals surface area contributed by atoms with Gasteiger partial charge in [-0.1, -0.05) is 0 Å². The second-order valence-electron chi connectivity index (χ2n) is 4.50. The van der Waals surface area contributed by atoms with Gasteiger partial charge in [0, 0.05) is 35.6 Å². The Labute approximate surface area is 124 Å². The van der Waals surface area contributed by atoms with Gasteiger partial charge >= 0.3 is 0 Å². The van der Waals surface area contributed by atoms with Crippen LogP contribution in [0.2, 0.25) is 0 Å². The van der Waals surface area contributed by atoms with Gasteiger partial charge in [0.1, 0.15) is 0 Å². The van der Waals surface area contributed by atoms with Crippen LogP contribution in [0.3, 0.4) is 0 Å². The highest BCUT2D eigenvalue weighted by Crippen LogP contribution is 2.30. The Morgan fingerprint density at radius 2 is 1.90 bits per heavy atom. The highest BCUT2D eigenvalue weighted by Gasteiger charge is 2.27. The van der Waals surface area contributed by atoms with Gasteiger partial charge < -0.3 is 4.90 Å². The van der Waals surface area contributed by atoms with Crippen molar-refractivity contribution in [2.75, 3.05) is 26.2 Å². The molecule has 0 atom stereocenters. The van der Waals surface area contributed by atoms with Crippen molar-refractivity contribution >= 4 is 48.2 Å². The second kappa shape index (κ2) is 5.08. The molecule has 0 spiro atoms. The molecule has 2 aromatic rings. The average molecular weight is 331 g/mol. The Bertz CT molecular complexity index is 713. The third-order valence-corrected chi connectivity index (χ3v) is 6.40. The fourth-order valence-corrected chi connectivity index (χ4v) is 4.92. The summed E-state index contributed by atoms with van der Waals surface area (Å²) in [5, 5.41) is 7.08. The first-order valence-electron chi connectivity index (χ1n) is 5.99. The molecule has 0 unspecified atom stereocenters. The predicted octanol–water partition coefficient (Wildman–Crippen LogP) is 0.924. The van der Waals surface area contributed by atoms with Crippen molar-refractivity contribution < 1.29 is 13.2 Å². The lowest BCUT2D eigenvalue weighted by Gasteiger charge is -2.32. The number of piperazine rings is 1. The van der Waals surface area contributed by atoms with E-state index in [0.717, 1.165) is 9.40 Å². The Morgan fingerprint density at radius 1 is 1.20 bits per heavy atom. The van der Waals surface area contributed by atoms with Crippen LogP contribution in [0.25, 0.3) is 9.40 Å². The van der Waals surface area contributed by atoms with Crippen LogP contribution in [0, 0.1) is 0 Å². The average Bonchev–Trinajstić information content (AvgIpc) is 2.97. The molecule has 0 bridgehead atoms. The van der Waals surface area contributed by atoms with E-state index in [1.54, 1.807) is 16.2 Å². The zero-order valence-corrected chi connectivity index (χ0v) is 12.9. The number of hydrogen-bond acceptors (Lipinski definition) is 5. The molecule has 0 aromatic carbocycles. The summed E-state index contributed by atoms with van der Waals surface area (Å²) in [4.78, 5) is 14.7. The van der Waals surface area contributed by atoms with Crippen molar-refractivity contribution in [3.05, 3.63) is 22.4 Å². The zero-order chi connectivity index (χ0) is 14.3.